The zero-order valence-corrected chi connectivity index (χ0v) is 15.3. The van der Waals surface area contributed by atoms with Crippen molar-refractivity contribution in [3.63, 3.8) is 0 Å². The van der Waals surface area contributed by atoms with E-state index >= 15 is 0 Å². The van der Waals surface area contributed by atoms with Crippen molar-refractivity contribution in [3.05, 3.63) is 66.4 Å². The third-order valence-corrected chi connectivity index (χ3v) is 4.20. The second-order valence-electron chi connectivity index (χ2n) is 6.29. The number of rotatable bonds is 8. The van der Waals surface area contributed by atoms with Crippen molar-refractivity contribution in [1.29, 1.82) is 0 Å². The van der Waals surface area contributed by atoms with Crippen LogP contribution in [0.3, 0.4) is 0 Å². The maximum absolute atomic E-state index is 4.63. The second-order valence-corrected chi connectivity index (χ2v) is 6.29. The number of hydrogen-bond acceptors (Lipinski definition) is 5. The molecule has 0 aliphatic rings. The van der Waals surface area contributed by atoms with Crippen LogP contribution < -0.4 is 10.6 Å². The molecule has 26 heavy (non-hydrogen) atoms. The van der Waals surface area contributed by atoms with Crippen LogP contribution in [0.5, 0.6) is 0 Å². The minimum absolute atomic E-state index is 0.311. The molecule has 0 amide bonds. The molecule has 0 fully saturated rings. The third kappa shape index (κ3) is 5.02. The average Bonchev–Trinajstić information content (AvgIpc) is 2.69. The SMILES string of the molecule is CC[C@H](C)Nc1nc(NCCc2ccccc2)cc(-c2ccccn2)n1. The third-order valence-electron chi connectivity index (χ3n) is 4.20. The van der Waals surface area contributed by atoms with Crippen molar-refractivity contribution in [2.24, 2.45) is 0 Å². The van der Waals surface area contributed by atoms with Gasteiger partial charge in [-0.2, -0.15) is 4.98 Å². The lowest BCUT2D eigenvalue weighted by molar-refractivity contribution is 0.753. The highest BCUT2D eigenvalue weighted by molar-refractivity contribution is 5.61. The quantitative estimate of drug-likeness (QED) is 0.632. The maximum atomic E-state index is 4.63. The normalized spacial score (nSPS) is 11.8. The van der Waals surface area contributed by atoms with E-state index in [1.807, 2.05) is 30.3 Å². The second kappa shape index (κ2) is 8.94. The first-order valence-electron chi connectivity index (χ1n) is 9.09. The summed E-state index contributed by atoms with van der Waals surface area (Å²) in [6.45, 7) is 5.07. The van der Waals surface area contributed by atoms with Crippen molar-refractivity contribution in [2.75, 3.05) is 17.2 Å². The molecule has 2 aromatic heterocycles. The summed E-state index contributed by atoms with van der Waals surface area (Å²) in [4.78, 5) is 13.7. The number of hydrogen-bond donors (Lipinski definition) is 2. The van der Waals surface area contributed by atoms with Crippen LogP contribution in [-0.4, -0.2) is 27.5 Å². The minimum Gasteiger partial charge on any atom is -0.370 e. The molecule has 3 aromatic rings. The van der Waals surface area contributed by atoms with Crippen LogP contribution in [0.25, 0.3) is 11.4 Å². The smallest absolute Gasteiger partial charge is 0.225 e. The first kappa shape index (κ1) is 17.9. The molecular formula is C21H25N5. The number of aromatic nitrogens is 3. The molecule has 5 nitrogen and oxygen atoms in total. The number of nitrogens with one attached hydrogen (secondary N) is 2. The van der Waals surface area contributed by atoms with Gasteiger partial charge in [-0.3, -0.25) is 4.98 Å². The van der Waals surface area contributed by atoms with Crippen molar-refractivity contribution in [2.45, 2.75) is 32.7 Å². The summed E-state index contributed by atoms with van der Waals surface area (Å²) in [6.07, 6.45) is 3.73. The number of anilines is 2. The Morgan fingerprint density at radius 1 is 0.962 bits per heavy atom. The highest BCUT2D eigenvalue weighted by Gasteiger charge is 2.09. The Morgan fingerprint density at radius 3 is 2.50 bits per heavy atom. The molecule has 2 heterocycles. The Labute approximate surface area is 154 Å². The summed E-state index contributed by atoms with van der Waals surface area (Å²) in [5.41, 5.74) is 2.96. The fourth-order valence-corrected chi connectivity index (χ4v) is 2.55. The monoisotopic (exact) mass is 347 g/mol. The van der Waals surface area contributed by atoms with E-state index in [-0.39, 0.29) is 0 Å². The standard InChI is InChI=1S/C21H25N5/c1-3-16(2)24-21-25-19(18-11-7-8-13-22-18)15-20(26-21)23-14-12-17-9-5-4-6-10-17/h4-11,13,15-16H,3,12,14H2,1-2H3,(H2,23,24,25,26)/t16-/m0/s1. The molecule has 134 valence electrons. The van der Waals surface area contributed by atoms with Crippen molar-refractivity contribution in [1.82, 2.24) is 15.0 Å². The Bertz CT molecular complexity index is 805. The molecule has 3 rings (SSSR count). The number of pyridine rings is 1. The van der Waals surface area contributed by atoms with E-state index in [4.69, 9.17) is 0 Å². The van der Waals surface area contributed by atoms with E-state index in [9.17, 15) is 0 Å². The molecule has 0 unspecified atom stereocenters. The zero-order valence-electron chi connectivity index (χ0n) is 15.3. The van der Waals surface area contributed by atoms with Gasteiger partial charge in [0, 0.05) is 24.8 Å². The largest absolute Gasteiger partial charge is 0.370 e. The predicted octanol–water partition coefficient (Wildman–Crippen LogP) is 4.40. The van der Waals surface area contributed by atoms with Crippen LogP contribution in [0.2, 0.25) is 0 Å². The molecule has 0 aliphatic heterocycles. The average molecular weight is 347 g/mol. The fraction of sp³-hybridized carbons (Fsp3) is 0.286. The highest BCUT2D eigenvalue weighted by atomic mass is 15.2. The first-order chi connectivity index (χ1) is 12.7. The van der Waals surface area contributed by atoms with Gasteiger partial charge < -0.3 is 10.6 Å². The summed E-state index contributed by atoms with van der Waals surface area (Å²) in [6, 6.07) is 18.5. The van der Waals surface area contributed by atoms with Gasteiger partial charge in [-0.05, 0) is 37.5 Å². The molecule has 0 spiro atoms. The molecule has 0 saturated heterocycles. The van der Waals surface area contributed by atoms with Gasteiger partial charge in [0.05, 0.1) is 11.4 Å². The van der Waals surface area contributed by atoms with Gasteiger partial charge in [0.25, 0.3) is 0 Å². The molecule has 0 bridgehead atoms. The van der Waals surface area contributed by atoms with Crippen LogP contribution in [0.1, 0.15) is 25.8 Å². The van der Waals surface area contributed by atoms with Gasteiger partial charge in [-0.25, -0.2) is 4.98 Å². The summed E-state index contributed by atoms with van der Waals surface area (Å²) in [5, 5.41) is 6.78. The summed E-state index contributed by atoms with van der Waals surface area (Å²) in [5.74, 6) is 1.44. The molecule has 0 aliphatic carbocycles. The van der Waals surface area contributed by atoms with Crippen LogP contribution >= 0.6 is 0 Å². The van der Waals surface area contributed by atoms with Crippen LogP contribution in [0.15, 0.2) is 60.8 Å². The lowest BCUT2D eigenvalue weighted by Gasteiger charge is -2.14. The van der Waals surface area contributed by atoms with Gasteiger partial charge in [0.15, 0.2) is 0 Å². The van der Waals surface area contributed by atoms with Crippen molar-refractivity contribution >= 4 is 11.8 Å². The lowest BCUT2D eigenvalue weighted by Crippen LogP contribution is -2.17. The van der Waals surface area contributed by atoms with Crippen molar-refractivity contribution in [3.8, 4) is 11.4 Å². The summed E-state index contributed by atoms with van der Waals surface area (Å²) in [7, 11) is 0. The number of benzene rings is 1. The van der Waals surface area contributed by atoms with Crippen LogP contribution in [-0.2, 0) is 6.42 Å². The van der Waals surface area contributed by atoms with Gasteiger partial charge in [-0.1, -0.05) is 43.3 Å². The Hall–Kier alpha value is -2.95. The topological polar surface area (TPSA) is 62.7 Å². The van der Waals surface area contributed by atoms with Gasteiger partial charge in [-0.15, -0.1) is 0 Å². The van der Waals surface area contributed by atoms with E-state index in [1.54, 1.807) is 6.20 Å². The molecular weight excluding hydrogens is 322 g/mol. The van der Waals surface area contributed by atoms with Gasteiger partial charge in [0.2, 0.25) is 5.95 Å². The van der Waals surface area contributed by atoms with E-state index in [2.05, 4.69) is 63.7 Å². The predicted molar refractivity (Wildman–Crippen MR) is 107 cm³/mol. The van der Waals surface area contributed by atoms with Crippen molar-refractivity contribution < 1.29 is 0 Å². The molecule has 0 saturated carbocycles. The van der Waals surface area contributed by atoms with E-state index in [0.29, 0.717) is 12.0 Å². The summed E-state index contributed by atoms with van der Waals surface area (Å²) < 4.78 is 0. The number of nitrogens with zero attached hydrogens (tertiary/aromatic N) is 3. The van der Waals surface area contributed by atoms with Crippen LogP contribution in [0.4, 0.5) is 11.8 Å². The molecule has 1 aromatic carbocycles. The van der Waals surface area contributed by atoms with E-state index < -0.39 is 0 Å². The molecule has 1 atom stereocenters. The maximum Gasteiger partial charge on any atom is 0.225 e. The van der Waals surface area contributed by atoms with Gasteiger partial charge >= 0.3 is 0 Å². The fourth-order valence-electron chi connectivity index (χ4n) is 2.55. The van der Waals surface area contributed by atoms with E-state index in [1.165, 1.54) is 5.56 Å². The van der Waals surface area contributed by atoms with E-state index in [0.717, 1.165) is 36.6 Å². The summed E-state index contributed by atoms with van der Waals surface area (Å²) >= 11 is 0. The molecule has 0 radical (unpaired) electrons. The Morgan fingerprint density at radius 2 is 1.77 bits per heavy atom. The van der Waals surface area contributed by atoms with Crippen LogP contribution in [0, 0.1) is 0 Å². The highest BCUT2D eigenvalue weighted by Crippen LogP contribution is 2.20. The lowest BCUT2D eigenvalue weighted by atomic mass is 10.1. The molecule has 2 N–H and O–H groups in total. The zero-order chi connectivity index (χ0) is 18.2. The molecule has 5 heteroatoms. The van der Waals surface area contributed by atoms with Gasteiger partial charge in [0.1, 0.15) is 5.82 Å². The minimum atomic E-state index is 0.311. The Balaban J connectivity index is 1.77. The first-order valence-corrected chi connectivity index (χ1v) is 9.09. The Kier molecular flexibility index (Phi) is 6.14.